The van der Waals surface area contributed by atoms with E-state index >= 15 is 0 Å². The van der Waals surface area contributed by atoms with Crippen LogP contribution in [-0.2, 0) is 6.42 Å². The molecule has 0 saturated carbocycles. The molecule has 0 radical (unpaired) electrons. The zero-order chi connectivity index (χ0) is 13.9. The van der Waals surface area contributed by atoms with E-state index in [0.717, 1.165) is 30.1 Å². The molecule has 3 rings (SSSR count). The number of fused-ring (bicyclic) bond motifs is 1. The van der Waals surface area contributed by atoms with E-state index in [0.29, 0.717) is 13.2 Å². The summed E-state index contributed by atoms with van der Waals surface area (Å²) in [5.41, 5.74) is 0.769. The van der Waals surface area contributed by atoms with Gasteiger partial charge >= 0.3 is 0 Å². The standard InChI is InChI=1S/C14H16N4O2/c1-2-5-12-15-13(17-16-12)14(19)18-8-9-20-11-7-4-3-6-10(11)18/h3-4,6-7H,2,5,8-9H2,1H3,(H,15,16,17). The lowest BCUT2D eigenvalue weighted by Crippen LogP contribution is -2.38. The summed E-state index contributed by atoms with van der Waals surface area (Å²) in [6.45, 7) is 3.05. The van der Waals surface area contributed by atoms with E-state index < -0.39 is 0 Å². The highest BCUT2D eigenvalue weighted by Crippen LogP contribution is 2.31. The van der Waals surface area contributed by atoms with E-state index in [4.69, 9.17) is 4.74 Å². The number of aromatic nitrogens is 3. The van der Waals surface area contributed by atoms with Crippen molar-refractivity contribution in [1.29, 1.82) is 0 Å². The maximum absolute atomic E-state index is 12.5. The Morgan fingerprint density at radius 2 is 2.30 bits per heavy atom. The largest absolute Gasteiger partial charge is 0.490 e. The highest BCUT2D eigenvalue weighted by molar-refractivity contribution is 6.04. The molecule has 6 heteroatoms. The minimum atomic E-state index is -0.195. The number of ether oxygens (including phenoxy) is 1. The molecule has 0 fully saturated rings. The average molecular weight is 272 g/mol. The Morgan fingerprint density at radius 3 is 3.15 bits per heavy atom. The van der Waals surface area contributed by atoms with Crippen molar-refractivity contribution in [3.8, 4) is 5.75 Å². The molecular weight excluding hydrogens is 256 g/mol. The van der Waals surface area contributed by atoms with Crippen LogP contribution in [0.5, 0.6) is 5.75 Å². The number of para-hydroxylation sites is 2. The molecule has 2 aromatic rings. The van der Waals surface area contributed by atoms with Gasteiger partial charge in [0.2, 0.25) is 5.82 Å². The fourth-order valence-corrected chi connectivity index (χ4v) is 2.24. The molecule has 1 aliphatic rings. The summed E-state index contributed by atoms with van der Waals surface area (Å²) in [4.78, 5) is 18.4. The van der Waals surface area contributed by atoms with Gasteiger partial charge in [-0.2, -0.15) is 0 Å². The number of amides is 1. The number of aromatic amines is 1. The first kappa shape index (κ1) is 12.7. The molecular formula is C14H16N4O2. The van der Waals surface area contributed by atoms with Crippen molar-refractivity contribution in [2.45, 2.75) is 19.8 Å². The van der Waals surface area contributed by atoms with Gasteiger partial charge in [-0.05, 0) is 18.6 Å². The number of hydrogen-bond acceptors (Lipinski definition) is 4. The van der Waals surface area contributed by atoms with Gasteiger partial charge in [-0.3, -0.25) is 14.8 Å². The minimum Gasteiger partial charge on any atom is -0.490 e. The normalized spacial score (nSPS) is 13.8. The van der Waals surface area contributed by atoms with E-state index in [1.165, 1.54) is 0 Å². The summed E-state index contributed by atoms with van der Waals surface area (Å²) in [7, 11) is 0. The van der Waals surface area contributed by atoms with Gasteiger partial charge in [0, 0.05) is 6.42 Å². The van der Waals surface area contributed by atoms with E-state index in [2.05, 4.69) is 22.1 Å². The summed E-state index contributed by atoms with van der Waals surface area (Å²) in [5.74, 6) is 1.48. The van der Waals surface area contributed by atoms with Crippen LogP contribution in [0.15, 0.2) is 24.3 Å². The zero-order valence-electron chi connectivity index (χ0n) is 11.3. The van der Waals surface area contributed by atoms with Crippen LogP contribution in [0, 0.1) is 0 Å². The van der Waals surface area contributed by atoms with Gasteiger partial charge in [-0.25, -0.2) is 4.98 Å². The first-order valence-electron chi connectivity index (χ1n) is 6.74. The predicted molar refractivity (Wildman–Crippen MR) is 74.0 cm³/mol. The van der Waals surface area contributed by atoms with Crippen LogP contribution in [0.4, 0.5) is 5.69 Å². The number of H-pyrrole nitrogens is 1. The van der Waals surface area contributed by atoms with E-state index in [1.54, 1.807) is 4.90 Å². The molecule has 1 aliphatic heterocycles. The summed E-state index contributed by atoms with van der Waals surface area (Å²) in [6.07, 6.45) is 1.75. The van der Waals surface area contributed by atoms with Gasteiger partial charge in [0.25, 0.3) is 5.91 Å². The van der Waals surface area contributed by atoms with Crippen molar-refractivity contribution in [1.82, 2.24) is 15.2 Å². The molecule has 104 valence electrons. The van der Waals surface area contributed by atoms with Crippen LogP contribution in [0.3, 0.4) is 0 Å². The Balaban J connectivity index is 1.87. The number of anilines is 1. The molecule has 0 aliphatic carbocycles. The lowest BCUT2D eigenvalue weighted by molar-refractivity contribution is 0.0967. The first-order valence-corrected chi connectivity index (χ1v) is 6.74. The third-order valence-corrected chi connectivity index (χ3v) is 3.18. The highest BCUT2D eigenvalue weighted by atomic mass is 16.5. The average Bonchev–Trinajstić information content (AvgIpc) is 2.95. The van der Waals surface area contributed by atoms with Gasteiger partial charge in [0.1, 0.15) is 18.2 Å². The van der Waals surface area contributed by atoms with Gasteiger partial charge in [-0.1, -0.05) is 19.1 Å². The smallest absolute Gasteiger partial charge is 0.298 e. The Kier molecular flexibility index (Phi) is 3.37. The number of nitrogens with one attached hydrogen (secondary N) is 1. The Hall–Kier alpha value is -2.37. The van der Waals surface area contributed by atoms with Crippen LogP contribution in [0.2, 0.25) is 0 Å². The van der Waals surface area contributed by atoms with Crippen LogP contribution in [-0.4, -0.2) is 34.2 Å². The van der Waals surface area contributed by atoms with Crippen LogP contribution >= 0.6 is 0 Å². The first-order chi connectivity index (χ1) is 9.79. The van der Waals surface area contributed by atoms with Gasteiger partial charge < -0.3 is 4.74 Å². The van der Waals surface area contributed by atoms with E-state index in [-0.39, 0.29) is 11.7 Å². The number of rotatable bonds is 3. The second kappa shape index (κ2) is 5.32. The topological polar surface area (TPSA) is 71.1 Å². The van der Waals surface area contributed by atoms with E-state index in [1.807, 2.05) is 24.3 Å². The predicted octanol–water partition coefficient (Wildman–Crippen LogP) is 1.80. The number of carbonyl (C=O) groups excluding carboxylic acids is 1. The van der Waals surface area contributed by atoms with Crippen molar-refractivity contribution in [2.24, 2.45) is 0 Å². The maximum Gasteiger partial charge on any atom is 0.298 e. The molecule has 0 spiro atoms. The molecule has 0 saturated heterocycles. The lowest BCUT2D eigenvalue weighted by Gasteiger charge is -2.28. The summed E-state index contributed by atoms with van der Waals surface area (Å²) in [6, 6.07) is 7.49. The SMILES string of the molecule is CCCc1nc(C(=O)N2CCOc3ccccc32)n[nH]1. The molecule has 1 aromatic carbocycles. The van der Waals surface area contributed by atoms with Crippen molar-refractivity contribution < 1.29 is 9.53 Å². The van der Waals surface area contributed by atoms with Crippen LogP contribution in [0.1, 0.15) is 29.8 Å². The maximum atomic E-state index is 12.5. The fraction of sp³-hybridized carbons (Fsp3) is 0.357. The van der Waals surface area contributed by atoms with Gasteiger partial charge in [-0.15, -0.1) is 5.10 Å². The third kappa shape index (κ3) is 2.24. The molecule has 1 aromatic heterocycles. The van der Waals surface area contributed by atoms with Gasteiger partial charge in [0.05, 0.1) is 12.2 Å². The molecule has 0 bridgehead atoms. The number of carbonyl (C=O) groups is 1. The Bertz CT molecular complexity index is 623. The van der Waals surface area contributed by atoms with E-state index in [9.17, 15) is 4.79 Å². The third-order valence-electron chi connectivity index (χ3n) is 3.18. The molecule has 1 amide bonds. The van der Waals surface area contributed by atoms with Crippen molar-refractivity contribution >= 4 is 11.6 Å². The number of nitrogens with zero attached hydrogens (tertiary/aromatic N) is 3. The fourth-order valence-electron chi connectivity index (χ4n) is 2.24. The molecule has 2 heterocycles. The highest BCUT2D eigenvalue weighted by Gasteiger charge is 2.26. The van der Waals surface area contributed by atoms with Crippen LogP contribution < -0.4 is 9.64 Å². The molecule has 0 atom stereocenters. The molecule has 1 N–H and O–H groups in total. The van der Waals surface area contributed by atoms with Crippen LogP contribution in [0.25, 0.3) is 0 Å². The Morgan fingerprint density at radius 1 is 1.45 bits per heavy atom. The number of aryl methyl sites for hydroxylation is 1. The quantitative estimate of drug-likeness (QED) is 0.924. The summed E-state index contributed by atoms with van der Waals surface area (Å²) >= 11 is 0. The lowest BCUT2D eigenvalue weighted by atomic mass is 10.2. The van der Waals surface area contributed by atoms with Crippen molar-refractivity contribution in [2.75, 3.05) is 18.1 Å². The number of hydrogen-bond donors (Lipinski definition) is 1. The van der Waals surface area contributed by atoms with Crippen molar-refractivity contribution in [3.63, 3.8) is 0 Å². The Labute approximate surface area is 116 Å². The summed E-state index contributed by atoms with van der Waals surface area (Å²) in [5, 5.41) is 6.83. The monoisotopic (exact) mass is 272 g/mol. The second-order valence-electron chi connectivity index (χ2n) is 4.63. The molecule has 0 unspecified atom stereocenters. The number of benzene rings is 1. The second-order valence-corrected chi connectivity index (χ2v) is 4.63. The zero-order valence-corrected chi connectivity index (χ0v) is 11.3. The summed E-state index contributed by atoms with van der Waals surface area (Å²) < 4.78 is 5.54. The minimum absolute atomic E-state index is 0.195. The molecule has 20 heavy (non-hydrogen) atoms. The van der Waals surface area contributed by atoms with Gasteiger partial charge in [0.15, 0.2) is 0 Å². The molecule has 6 nitrogen and oxygen atoms in total. The van der Waals surface area contributed by atoms with Crippen molar-refractivity contribution in [3.05, 3.63) is 35.9 Å².